The number of hydrogen-bond acceptors (Lipinski definition) is 3. The third-order valence-corrected chi connectivity index (χ3v) is 3.10. The number of aromatic nitrogens is 2. The van der Waals surface area contributed by atoms with Gasteiger partial charge in [-0.1, -0.05) is 37.3 Å². The minimum atomic E-state index is 0.237. The Morgan fingerprint density at radius 3 is 2.47 bits per heavy atom. The van der Waals surface area contributed by atoms with Gasteiger partial charge in [0.15, 0.2) is 0 Å². The van der Waals surface area contributed by atoms with Crippen LogP contribution in [-0.2, 0) is 6.42 Å². The third kappa shape index (κ3) is 4.45. The molecule has 0 saturated carbocycles. The van der Waals surface area contributed by atoms with Gasteiger partial charge in [0.1, 0.15) is 5.82 Å². The summed E-state index contributed by atoms with van der Waals surface area (Å²) in [6.45, 7) is 3.17. The molecule has 2 rings (SSSR count). The molecule has 1 aromatic heterocycles. The van der Waals surface area contributed by atoms with E-state index in [1.165, 1.54) is 5.56 Å². The number of nitrogens with one attached hydrogen (secondary N) is 1. The molecule has 1 unspecified atom stereocenters. The molecule has 19 heavy (non-hydrogen) atoms. The van der Waals surface area contributed by atoms with Crippen LogP contribution in [0.2, 0.25) is 0 Å². The standard InChI is InChI=1S/C16H21N3/c1-2-11-17-15(16-18-12-6-13-19-16)10-9-14-7-4-3-5-8-14/h3-8,12-13,15,17H,2,9-11H2,1H3. The minimum absolute atomic E-state index is 0.237. The van der Waals surface area contributed by atoms with Crippen LogP contribution in [0.15, 0.2) is 48.8 Å². The molecule has 3 heteroatoms. The summed E-state index contributed by atoms with van der Waals surface area (Å²) in [7, 11) is 0. The lowest BCUT2D eigenvalue weighted by Crippen LogP contribution is -2.24. The second-order valence-electron chi connectivity index (χ2n) is 4.64. The topological polar surface area (TPSA) is 37.8 Å². The van der Waals surface area contributed by atoms with E-state index in [9.17, 15) is 0 Å². The molecule has 0 fully saturated rings. The van der Waals surface area contributed by atoms with Crippen molar-refractivity contribution >= 4 is 0 Å². The fourth-order valence-electron chi connectivity index (χ4n) is 2.09. The quantitative estimate of drug-likeness (QED) is 0.826. The first-order valence-electron chi connectivity index (χ1n) is 6.94. The average Bonchev–Trinajstić information content (AvgIpc) is 2.49. The summed E-state index contributed by atoms with van der Waals surface area (Å²) in [5.74, 6) is 0.895. The summed E-state index contributed by atoms with van der Waals surface area (Å²) < 4.78 is 0. The van der Waals surface area contributed by atoms with Gasteiger partial charge in [0.25, 0.3) is 0 Å². The molecule has 3 nitrogen and oxygen atoms in total. The second-order valence-corrected chi connectivity index (χ2v) is 4.64. The van der Waals surface area contributed by atoms with Gasteiger partial charge < -0.3 is 5.32 Å². The van der Waals surface area contributed by atoms with E-state index in [1.54, 1.807) is 0 Å². The van der Waals surface area contributed by atoms with Crippen molar-refractivity contribution in [3.63, 3.8) is 0 Å². The maximum Gasteiger partial charge on any atom is 0.145 e. The Balaban J connectivity index is 1.98. The highest BCUT2D eigenvalue weighted by molar-refractivity contribution is 5.15. The van der Waals surface area contributed by atoms with Crippen LogP contribution >= 0.6 is 0 Å². The second kappa shape index (κ2) is 7.64. The zero-order valence-corrected chi connectivity index (χ0v) is 11.4. The van der Waals surface area contributed by atoms with Crippen molar-refractivity contribution in [2.24, 2.45) is 0 Å². The largest absolute Gasteiger partial charge is 0.307 e. The monoisotopic (exact) mass is 255 g/mol. The van der Waals surface area contributed by atoms with Crippen LogP contribution in [0.1, 0.15) is 37.2 Å². The van der Waals surface area contributed by atoms with Crippen molar-refractivity contribution in [1.29, 1.82) is 0 Å². The van der Waals surface area contributed by atoms with Gasteiger partial charge in [0.2, 0.25) is 0 Å². The van der Waals surface area contributed by atoms with Crippen LogP contribution in [0.3, 0.4) is 0 Å². The lowest BCUT2D eigenvalue weighted by Gasteiger charge is -2.16. The number of hydrogen-bond donors (Lipinski definition) is 1. The van der Waals surface area contributed by atoms with Gasteiger partial charge in [0, 0.05) is 12.4 Å². The van der Waals surface area contributed by atoms with Crippen molar-refractivity contribution in [3.05, 3.63) is 60.2 Å². The van der Waals surface area contributed by atoms with Crippen molar-refractivity contribution in [2.75, 3.05) is 6.54 Å². The van der Waals surface area contributed by atoms with Crippen molar-refractivity contribution < 1.29 is 0 Å². The van der Waals surface area contributed by atoms with Gasteiger partial charge in [-0.15, -0.1) is 0 Å². The van der Waals surface area contributed by atoms with Gasteiger partial charge in [-0.05, 0) is 37.4 Å². The van der Waals surface area contributed by atoms with E-state index in [2.05, 4.69) is 52.5 Å². The van der Waals surface area contributed by atoms with E-state index in [0.29, 0.717) is 0 Å². The van der Waals surface area contributed by atoms with Crippen LogP contribution in [0.25, 0.3) is 0 Å². The summed E-state index contributed by atoms with van der Waals surface area (Å²) in [4.78, 5) is 8.74. The molecule has 0 amide bonds. The highest BCUT2D eigenvalue weighted by Gasteiger charge is 2.12. The summed E-state index contributed by atoms with van der Waals surface area (Å²) in [5, 5.41) is 3.53. The molecule has 100 valence electrons. The molecule has 0 radical (unpaired) electrons. The predicted octanol–water partition coefficient (Wildman–Crippen LogP) is 3.15. The summed E-state index contributed by atoms with van der Waals surface area (Å²) >= 11 is 0. The zero-order valence-electron chi connectivity index (χ0n) is 11.4. The molecular weight excluding hydrogens is 234 g/mol. The van der Waals surface area contributed by atoms with Gasteiger partial charge in [-0.2, -0.15) is 0 Å². The van der Waals surface area contributed by atoms with E-state index in [4.69, 9.17) is 0 Å². The highest BCUT2D eigenvalue weighted by atomic mass is 15.0. The lowest BCUT2D eigenvalue weighted by atomic mass is 10.0. The fourth-order valence-corrected chi connectivity index (χ4v) is 2.09. The molecular formula is C16H21N3. The molecule has 0 spiro atoms. The number of rotatable bonds is 7. The summed E-state index contributed by atoms with van der Waals surface area (Å²) in [6.07, 6.45) is 6.81. The highest BCUT2D eigenvalue weighted by Crippen LogP contribution is 2.15. The van der Waals surface area contributed by atoms with Crippen molar-refractivity contribution in [2.45, 2.75) is 32.2 Å². The maximum atomic E-state index is 4.37. The molecule has 1 atom stereocenters. The van der Waals surface area contributed by atoms with Crippen LogP contribution in [-0.4, -0.2) is 16.5 Å². The SMILES string of the molecule is CCCNC(CCc1ccccc1)c1ncccn1. The Morgan fingerprint density at radius 2 is 1.79 bits per heavy atom. The molecule has 2 aromatic rings. The first kappa shape index (κ1) is 13.7. The number of nitrogens with zero attached hydrogens (tertiary/aromatic N) is 2. The minimum Gasteiger partial charge on any atom is -0.307 e. The lowest BCUT2D eigenvalue weighted by molar-refractivity contribution is 0.476. The van der Waals surface area contributed by atoms with Crippen LogP contribution < -0.4 is 5.32 Å². The van der Waals surface area contributed by atoms with Crippen LogP contribution in [0.5, 0.6) is 0 Å². The maximum absolute atomic E-state index is 4.37. The van der Waals surface area contributed by atoms with E-state index in [-0.39, 0.29) is 6.04 Å². The molecule has 0 aliphatic heterocycles. The average molecular weight is 255 g/mol. The Kier molecular flexibility index (Phi) is 5.50. The molecule has 0 bridgehead atoms. The molecule has 0 aliphatic carbocycles. The molecule has 1 aromatic carbocycles. The Labute approximate surface area is 115 Å². The predicted molar refractivity (Wildman–Crippen MR) is 77.8 cm³/mol. The van der Waals surface area contributed by atoms with Crippen molar-refractivity contribution in [3.8, 4) is 0 Å². The fraction of sp³-hybridized carbons (Fsp3) is 0.375. The van der Waals surface area contributed by atoms with Gasteiger partial charge in [0.05, 0.1) is 6.04 Å². The molecule has 1 heterocycles. The zero-order chi connectivity index (χ0) is 13.3. The summed E-state index contributed by atoms with van der Waals surface area (Å²) in [6, 6.07) is 12.7. The normalized spacial score (nSPS) is 12.3. The Bertz CT molecular complexity index is 456. The number of aryl methyl sites for hydroxylation is 1. The van der Waals surface area contributed by atoms with E-state index in [1.807, 2.05) is 18.5 Å². The Morgan fingerprint density at radius 1 is 1.05 bits per heavy atom. The van der Waals surface area contributed by atoms with E-state index < -0.39 is 0 Å². The third-order valence-electron chi connectivity index (χ3n) is 3.10. The first-order chi connectivity index (χ1) is 9.40. The van der Waals surface area contributed by atoms with Gasteiger partial charge in [-0.25, -0.2) is 9.97 Å². The summed E-state index contributed by atoms with van der Waals surface area (Å²) in [5.41, 5.74) is 1.36. The van der Waals surface area contributed by atoms with Gasteiger partial charge >= 0.3 is 0 Å². The number of benzene rings is 1. The molecule has 1 N–H and O–H groups in total. The van der Waals surface area contributed by atoms with Gasteiger partial charge in [-0.3, -0.25) is 0 Å². The van der Waals surface area contributed by atoms with E-state index in [0.717, 1.165) is 31.6 Å². The van der Waals surface area contributed by atoms with E-state index >= 15 is 0 Å². The van der Waals surface area contributed by atoms with Crippen LogP contribution in [0.4, 0.5) is 0 Å². The molecule has 0 aliphatic rings. The van der Waals surface area contributed by atoms with Crippen molar-refractivity contribution in [1.82, 2.24) is 15.3 Å². The first-order valence-corrected chi connectivity index (χ1v) is 6.94. The van der Waals surface area contributed by atoms with Crippen LogP contribution in [0, 0.1) is 0 Å². The smallest absolute Gasteiger partial charge is 0.145 e. The Hall–Kier alpha value is -1.74. The molecule has 0 saturated heterocycles.